The minimum absolute atomic E-state index is 0.118. The first kappa shape index (κ1) is 17.0. The number of H-pyrrole nitrogens is 1. The number of carbonyl (C=O) groups excluding carboxylic acids is 1. The number of rotatable bonds is 3. The quantitative estimate of drug-likeness (QED) is 0.730. The van der Waals surface area contributed by atoms with E-state index in [1.807, 2.05) is 6.92 Å². The zero-order valence-electron chi connectivity index (χ0n) is 13.9. The maximum absolute atomic E-state index is 13.5. The molecule has 0 saturated carbocycles. The van der Waals surface area contributed by atoms with Crippen molar-refractivity contribution in [1.29, 1.82) is 0 Å². The van der Waals surface area contributed by atoms with Crippen molar-refractivity contribution in [3.8, 4) is 0 Å². The Balaban J connectivity index is 1.71. The van der Waals surface area contributed by atoms with Crippen molar-refractivity contribution in [2.75, 3.05) is 6.54 Å². The molecule has 0 bridgehead atoms. The molecule has 4 rings (SSSR count). The van der Waals surface area contributed by atoms with Crippen molar-refractivity contribution in [3.63, 3.8) is 0 Å². The lowest BCUT2D eigenvalue weighted by Crippen LogP contribution is -2.32. The first-order valence-electron chi connectivity index (χ1n) is 8.26. The van der Waals surface area contributed by atoms with E-state index in [0.29, 0.717) is 29.6 Å². The standard InChI is InChI=1S/C17H16ClFN4O3/c1-2-13-21-22-16(26-13)12-6-9(24)7-23(12)17(25)15-14(18)10-5-8(19)3-4-11(10)20-15/h3-5,9,12,20,24H,2,6-7H2,1H3/t9-,12-/m1/s1. The average molecular weight is 379 g/mol. The molecule has 2 N–H and O–H groups in total. The van der Waals surface area contributed by atoms with Crippen LogP contribution in [0.2, 0.25) is 5.02 Å². The maximum Gasteiger partial charge on any atom is 0.272 e. The SMILES string of the molecule is CCc1nnc([C@H]2C[C@@H](O)CN2C(=O)c2[nH]c3ccc(F)cc3c2Cl)o1. The van der Waals surface area contributed by atoms with E-state index in [1.54, 1.807) is 0 Å². The topological polar surface area (TPSA) is 95.3 Å². The number of carbonyl (C=O) groups is 1. The van der Waals surface area contributed by atoms with E-state index < -0.39 is 23.9 Å². The van der Waals surface area contributed by atoms with E-state index in [2.05, 4.69) is 15.2 Å². The number of likely N-dealkylation sites (tertiary alicyclic amines) is 1. The predicted molar refractivity (Wildman–Crippen MR) is 91.3 cm³/mol. The number of fused-ring (bicyclic) bond motifs is 1. The van der Waals surface area contributed by atoms with Crippen molar-refractivity contribution in [3.05, 3.63) is 46.5 Å². The molecule has 136 valence electrons. The molecule has 1 aliphatic rings. The molecular formula is C17H16ClFN4O3. The first-order valence-corrected chi connectivity index (χ1v) is 8.63. The zero-order chi connectivity index (χ0) is 18.4. The Morgan fingerprint density at radius 2 is 2.31 bits per heavy atom. The van der Waals surface area contributed by atoms with Gasteiger partial charge in [-0.2, -0.15) is 0 Å². The van der Waals surface area contributed by atoms with Crippen LogP contribution in [0.4, 0.5) is 4.39 Å². The Labute approximate surface area is 152 Å². The van der Waals surface area contributed by atoms with Crippen LogP contribution in [0.25, 0.3) is 10.9 Å². The van der Waals surface area contributed by atoms with Gasteiger partial charge in [-0.25, -0.2) is 4.39 Å². The van der Waals surface area contributed by atoms with Crippen LogP contribution in [-0.2, 0) is 6.42 Å². The smallest absolute Gasteiger partial charge is 0.272 e. The molecule has 1 fully saturated rings. The molecular weight excluding hydrogens is 363 g/mol. The Morgan fingerprint density at radius 1 is 1.50 bits per heavy atom. The third-order valence-electron chi connectivity index (χ3n) is 4.52. The maximum atomic E-state index is 13.5. The number of aromatic nitrogens is 3. The van der Waals surface area contributed by atoms with E-state index in [-0.39, 0.29) is 23.2 Å². The van der Waals surface area contributed by atoms with Gasteiger partial charge in [-0.15, -0.1) is 10.2 Å². The second kappa shape index (κ2) is 6.37. The van der Waals surface area contributed by atoms with Gasteiger partial charge < -0.3 is 19.4 Å². The molecule has 26 heavy (non-hydrogen) atoms. The molecule has 3 heterocycles. The highest BCUT2D eigenvalue weighted by Crippen LogP contribution is 2.35. The van der Waals surface area contributed by atoms with Crippen molar-refractivity contribution in [1.82, 2.24) is 20.1 Å². The zero-order valence-corrected chi connectivity index (χ0v) is 14.6. The van der Waals surface area contributed by atoms with Crippen LogP contribution in [0.1, 0.15) is 41.7 Å². The number of nitrogens with one attached hydrogen (secondary N) is 1. The summed E-state index contributed by atoms with van der Waals surface area (Å²) in [5, 5.41) is 18.5. The molecule has 1 aliphatic heterocycles. The summed E-state index contributed by atoms with van der Waals surface area (Å²) in [4.78, 5) is 17.4. The average Bonchev–Trinajstić information content (AvgIpc) is 3.32. The van der Waals surface area contributed by atoms with Crippen LogP contribution in [0.5, 0.6) is 0 Å². The molecule has 3 aromatic rings. The van der Waals surface area contributed by atoms with Gasteiger partial charge in [-0.3, -0.25) is 4.79 Å². The van der Waals surface area contributed by atoms with E-state index in [1.165, 1.54) is 23.1 Å². The fourth-order valence-corrected chi connectivity index (χ4v) is 3.52. The van der Waals surface area contributed by atoms with Gasteiger partial charge in [0.25, 0.3) is 5.91 Å². The molecule has 1 saturated heterocycles. The van der Waals surface area contributed by atoms with Crippen LogP contribution in [0.15, 0.2) is 22.6 Å². The molecule has 2 aromatic heterocycles. The van der Waals surface area contributed by atoms with Gasteiger partial charge in [-0.05, 0) is 18.2 Å². The van der Waals surface area contributed by atoms with Gasteiger partial charge in [-0.1, -0.05) is 18.5 Å². The van der Waals surface area contributed by atoms with Gasteiger partial charge >= 0.3 is 0 Å². The largest absolute Gasteiger partial charge is 0.423 e. The number of β-amino-alcohol motifs (C(OH)–C–C–N with tert-alkyl or cyclic N) is 1. The van der Waals surface area contributed by atoms with Gasteiger partial charge in [0.1, 0.15) is 17.6 Å². The van der Waals surface area contributed by atoms with Crippen LogP contribution < -0.4 is 0 Å². The van der Waals surface area contributed by atoms with E-state index >= 15 is 0 Å². The lowest BCUT2D eigenvalue weighted by atomic mass is 10.2. The number of hydrogen-bond donors (Lipinski definition) is 2. The number of benzene rings is 1. The molecule has 7 nitrogen and oxygen atoms in total. The summed E-state index contributed by atoms with van der Waals surface area (Å²) < 4.78 is 19.0. The summed E-state index contributed by atoms with van der Waals surface area (Å²) >= 11 is 6.30. The number of nitrogens with zero attached hydrogens (tertiary/aromatic N) is 3. The fraction of sp³-hybridized carbons (Fsp3) is 0.353. The number of aliphatic hydroxyl groups is 1. The Morgan fingerprint density at radius 3 is 3.04 bits per heavy atom. The normalized spacial score (nSPS) is 20.2. The van der Waals surface area contributed by atoms with Gasteiger partial charge in [0.05, 0.1) is 11.1 Å². The molecule has 1 aromatic carbocycles. The highest BCUT2D eigenvalue weighted by Gasteiger charge is 2.40. The molecule has 2 atom stereocenters. The predicted octanol–water partition coefficient (Wildman–Crippen LogP) is 2.85. The first-order chi connectivity index (χ1) is 12.5. The Kier molecular flexibility index (Phi) is 4.16. The van der Waals surface area contributed by atoms with Gasteiger partial charge in [0, 0.05) is 30.3 Å². The highest BCUT2D eigenvalue weighted by atomic mass is 35.5. The number of aliphatic hydroxyl groups excluding tert-OH is 1. The second-order valence-corrected chi connectivity index (χ2v) is 6.63. The summed E-state index contributed by atoms with van der Waals surface area (Å²) in [6.07, 6.45) is 0.167. The number of halogens is 2. The van der Waals surface area contributed by atoms with E-state index in [4.69, 9.17) is 16.0 Å². The van der Waals surface area contributed by atoms with Crippen LogP contribution >= 0.6 is 11.6 Å². The molecule has 0 unspecified atom stereocenters. The summed E-state index contributed by atoms with van der Waals surface area (Å²) in [5.74, 6) is -0.104. The molecule has 1 amide bonds. The number of hydrogen-bond acceptors (Lipinski definition) is 5. The number of aryl methyl sites for hydroxylation is 1. The van der Waals surface area contributed by atoms with Crippen LogP contribution in [0, 0.1) is 5.82 Å². The molecule has 9 heteroatoms. The summed E-state index contributed by atoms with van der Waals surface area (Å²) in [6.45, 7) is 2.00. The minimum atomic E-state index is -0.707. The summed E-state index contributed by atoms with van der Waals surface area (Å²) in [7, 11) is 0. The van der Waals surface area contributed by atoms with Crippen molar-refractivity contribution in [2.45, 2.75) is 31.9 Å². The van der Waals surface area contributed by atoms with Crippen LogP contribution in [0.3, 0.4) is 0 Å². The third-order valence-corrected chi connectivity index (χ3v) is 4.91. The van der Waals surface area contributed by atoms with Crippen molar-refractivity contribution >= 4 is 28.4 Å². The molecule has 0 radical (unpaired) electrons. The molecule has 0 spiro atoms. The second-order valence-electron chi connectivity index (χ2n) is 6.25. The fourth-order valence-electron chi connectivity index (χ4n) is 3.24. The van der Waals surface area contributed by atoms with Crippen LogP contribution in [-0.4, -0.2) is 43.7 Å². The lowest BCUT2D eigenvalue weighted by Gasteiger charge is -2.21. The van der Waals surface area contributed by atoms with E-state index in [0.717, 1.165) is 0 Å². The highest BCUT2D eigenvalue weighted by molar-refractivity contribution is 6.38. The number of aromatic amines is 1. The third kappa shape index (κ3) is 2.75. The van der Waals surface area contributed by atoms with Crippen molar-refractivity contribution in [2.24, 2.45) is 0 Å². The Bertz CT molecular complexity index is 986. The Hall–Kier alpha value is -2.45. The number of amides is 1. The van der Waals surface area contributed by atoms with E-state index in [9.17, 15) is 14.3 Å². The summed E-state index contributed by atoms with van der Waals surface area (Å²) in [6, 6.07) is 3.54. The van der Waals surface area contributed by atoms with Crippen molar-refractivity contribution < 1.29 is 18.7 Å². The minimum Gasteiger partial charge on any atom is -0.423 e. The molecule has 0 aliphatic carbocycles. The monoisotopic (exact) mass is 378 g/mol. The van der Waals surface area contributed by atoms with Gasteiger partial charge in [0.15, 0.2) is 0 Å². The lowest BCUT2D eigenvalue weighted by molar-refractivity contribution is 0.0692. The summed E-state index contributed by atoms with van der Waals surface area (Å²) in [5.41, 5.74) is 0.698. The van der Waals surface area contributed by atoms with Gasteiger partial charge in [0.2, 0.25) is 11.8 Å².